The zero-order valence-corrected chi connectivity index (χ0v) is 26.8. The molecule has 43 heavy (non-hydrogen) atoms. The number of aromatic nitrogens is 1. The van der Waals surface area contributed by atoms with Gasteiger partial charge in [-0.05, 0) is 75.8 Å². The van der Waals surface area contributed by atoms with Crippen LogP contribution in [0.5, 0.6) is 11.5 Å². The number of carboxylic acid groups (broad SMARTS) is 2. The fourth-order valence-electron chi connectivity index (χ4n) is 4.69. The van der Waals surface area contributed by atoms with Crippen LogP contribution in [0.2, 0.25) is 10.0 Å². The molecule has 0 bridgehead atoms. The Balaban J connectivity index is 0.00000121. The minimum Gasteiger partial charge on any atom is -0.497 e. The third-order valence-electron chi connectivity index (χ3n) is 6.74. The summed E-state index contributed by atoms with van der Waals surface area (Å²) in [5.74, 6) is 1.08. The van der Waals surface area contributed by atoms with Crippen molar-refractivity contribution in [1.82, 2.24) is 15.2 Å². The average molecular weight is 655 g/mol. The molecule has 0 aliphatic heterocycles. The standard InChI is InChI=1S/C30H35Cl2N3O3.CH2O3.ClH/c1-35(2)16-7-17-38-28-18-20(10-13-26(28)32)29-23(24-19-22(37-3)11-14-25(24)31)12-15-27(34-29)30(36)33-21-8-5-4-6-9-21;2-1(3)4;/h10-15,18-19,21H,4-9,16-17H2,1-3H3,(H,33,36);(H2,2,3,4);1H. The number of benzene rings is 2. The highest BCUT2D eigenvalue weighted by Gasteiger charge is 2.21. The molecule has 0 unspecified atom stereocenters. The summed E-state index contributed by atoms with van der Waals surface area (Å²) in [6, 6.07) is 14.9. The van der Waals surface area contributed by atoms with Crippen LogP contribution in [0.4, 0.5) is 4.79 Å². The van der Waals surface area contributed by atoms with Crippen LogP contribution >= 0.6 is 35.6 Å². The van der Waals surface area contributed by atoms with Gasteiger partial charge in [-0.3, -0.25) is 4.79 Å². The minimum atomic E-state index is -1.83. The molecule has 0 atom stereocenters. The van der Waals surface area contributed by atoms with E-state index in [2.05, 4.69) is 10.2 Å². The number of hydrogen-bond donors (Lipinski definition) is 3. The number of ether oxygens (including phenoxy) is 2. The van der Waals surface area contributed by atoms with Gasteiger partial charge in [0.2, 0.25) is 0 Å². The van der Waals surface area contributed by atoms with E-state index in [9.17, 15) is 4.79 Å². The molecule has 1 saturated carbocycles. The van der Waals surface area contributed by atoms with Gasteiger partial charge in [0.25, 0.3) is 5.91 Å². The summed E-state index contributed by atoms with van der Waals surface area (Å²) in [5, 5.41) is 18.2. The summed E-state index contributed by atoms with van der Waals surface area (Å²) in [6.45, 7) is 1.45. The summed E-state index contributed by atoms with van der Waals surface area (Å²) >= 11 is 13.1. The highest BCUT2D eigenvalue weighted by Crippen LogP contribution is 2.39. The first-order valence-corrected chi connectivity index (χ1v) is 14.5. The fraction of sp³-hybridized carbons (Fsp3) is 0.387. The minimum absolute atomic E-state index is 0. The molecule has 0 spiro atoms. The van der Waals surface area contributed by atoms with Gasteiger partial charge in [0.05, 0.1) is 24.4 Å². The second kappa shape index (κ2) is 17.8. The Labute approximate surface area is 268 Å². The molecule has 3 aromatic rings. The van der Waals surface area contributed by atoms with Crippen molar-refractivity contribution in [3.05, 3.63) is 64.3 Å². The SMILES string of the molecule is COc1ccc(Cl)c(-c2ccc(C(=O)NC3CCCCC3)nc2-c2ccc(Cl)c(OCCCN(C)C)c2)c1.Cl.O=C(O)O. The molecule has 1 aliphatic rings. The normalized spacial score (nSPS) is 12.9. The van der Waals surface area contributed by atoms with Gasteiger partial charge in [-0.15, -0.1) is 12.4 Å². The highest BCUT2D eigenvalue weighted by molar-refractivity contribution is 6.33. The number of rotatable bonds is 10. The maximum atomic E-state index is 13.2. The molecule has 0 radical (unpaired) electrons. The van der Waals surface area contributed by atoms with Crippen LogP contribution < -0.4 is 14.8 Å². The molecular formula is C31H38Cl3N3O6. The van der Waals surface area contributed by atoms with E-state index in [1.807, 2.05) is 44.4 Å². The van der Waals surface area contributed by atoms with E-state index in [0.717, 1.165) is 55.3 Å². The van der Waals surface area contributed by atoms with E-state index in [4.69, 9.17) is 52.7 Å². The van der Waals surface area contributed by atoms with Crippen molar-refractivity contribution in [2.75, 3.05) is 34.4 Å². The second-order valence-corrected chi connectivity index (χ2v) is 11.0. The molecule has 2 aromatic carbocycles. The Bertz CT molecular complexity index is 1360. The monoisotopic (exact) mass is 653 g/mol. The van der Waals surface area contributed by atoms with Crippen LogP contribution in [0, 0.1) is 0 Å². The molecule has 1 fully saturated rings. The van der Waals surface area contributed by atoms with Crippen LogP contribution in [-0.2, 0) is 0 Å². The third kappa shape index (κ3) is 11.1. The van der Waals surface area contributed by atoms with Gasteiger partial charge in [-0.2, -0.15) is 0 Å². The van der Waals surface area contributed by atoms with Crippen LogP contribution in [0.25, 0.3) is 22.4 Å². The number of methoxy groups -OCH3 is 1. The van der Waals surface area contributed by atoms with Crippen molar-refractivity contribution in [3.63, 3.8) is 0 Å². The Morgan fingerprint density at radius 2 is 1.65 bits per heavy atom. The molecule has 1 aromatic heterocycles. The van der Waals surface area contributed by atoms with E-state index in [0.29, 0.717) is 39.5 Å². The highest BCUT2D eigenvalue weighted by atomic mass is 35.5. The van der Waals surface area contributed by atoms with Gasteiger partial charge in [-0.1, -0.05) is 48.5 Å². The molecule has 3 N–H and O–H groups in total. The van der Waals surface area contributed by atoms with Crippen LogP contribution in [0.15, 0.2) is 48.5 Å². The molecule has 234 valence electrons. The Morgan fingerprint density at radius 3 is 2.30 bits per heavy atom. The van der Waals surface area contributed by atoms with Crippen molar-refractivity contribution < 1.29 is 29.3 Å². The first kappa shape index (κ1) is 36.0. The fourth-order valence-corrected chi connectivity index (χ4v) is 5.08. The maximum absolute atomic E-state index is 13.2. The van der Waals surface area contributed by atoms with E-state index in [-0.39, 0.29) is 24.4 Å². The quantitative estimate of drug-likeness (QED) is 0.190. The van der Waals surface area contributed by atoms with Gasteiger partial charge in [0.15, 0.2) is 0 Å². The summed E-state index contributed by atoms with van der Waals surface area (Å²) in [4.78, 5) is 28.7. The van der Waals surface area contributed by atoms with Gasteiger partial charge < -0.3 is 29.9 Å². The van der Waals surface area contributed by atoms with Crippen molar-refractivity contribution in [2.45, 2.75) is 44.6 Å². The Morgan fingerprint density at radius 1 is 0.977 bits per heavy atom. The Hall–Kier alpha value is -3.24. The average Bonchev–Trinajstić information content (AvgIpc) is 2.96. The second-order valence-electron chi connectivity index (χ2n) is 10.2. The molecule has 1 heterocycles. The van der Waals surface area contributed by atoms with Crippen molar-refractivity contribution in [2.24, 2.45) is 0 Å². The van der Waals surface area contributed by atoms with E-state index < -0.39 is 6.16 Å². The van der Waals surface area contributed by atoms with Crippen molar-refractivity contribution in [1.29, 1.82) is 0 Å². The number of carbonyl (C=O) groups is 2. The number of carbonyl (C=O) groups excluding carboxylic acids is 1. The molecular weight excluding hydrogens is 617 g/mol. The molecule has 4 rings (SSSR count). The number of nitrogens with one attached hydrogen (secondary N) is 1. The molecule has 1 aliphatic carbocycles. The lowest BCUT2D eigenvalue weighted by Crippen LogP contribution is -2.36. The number of nitrogens with zero attached hydrogens (tertiary/aromatic N) is 2. The van der Waals surface area contributed by atoms with E-state index in [1.54, 1.807) is 25.3 Å². The molecule has 1 amide bonds. The number of pyridine rings is 1. The summed E-state index contributed by atoms with van der Waals surface area (Å²) in [6.07, 6.45) is 4.54. The largest absolute Gasteiger partial charge is 0.503 e. The predicted molar refractivity (Wildman–Crippen MR) is 173 cm³/mol. The van der Waals surface area contributed by atoms with Gasteiger partial charge in [-0.25, -0.2) is 9.78 Å². The lowest BCUT2D eigenvalue weighted by atomic mass is 9.95. The lowest BCUT2D eigenvalue weighted by molar-refractivity contribution is 0.0922. The molecule has 9 nitrogen and oxygen atoms in total. The van der Waals surface area contributed by atoms with E-state index in [1.165, 1.54) is 6.42 Å². The van der Waals surface area contributed by atoms with Gasteiger partial charge in [0, 0.05) is 34.3 Å². The van der Waals surface area contributed by atoms with Crippen LogP contribution in [0.1, 0.15) is 49.0 Å². The van der Waals surface area contributed by atoms with Crippen LogP contribution in [-0.4, -0.2) is 72.6 Å². The summed E-state index contributed by atoms with van der Waals surface area (Å²) < 4.78 is 11.5. The third-order valence-corrected chi connectivity index (χ3v) is 7.39. The van der Waals surface area contributed by atoms with Crippen molar-refractivity contribution >= 4 is 47.7 Å². The Kier molecular flexibility index (Phi) is 14.9. The summed E-state index contributed by atoms with van der Waals surface area (Å²) in [7, 11) is 5.67. The number of amides is 1. The zero-order valence-electron chi connectivity index (χ0n) is 24.4. The van der Waals surface area contributed by atoms with Crippen LogP contribution in [0.3, 0.4) is 0 Å². The zero-order chi connectivity index (χ0) is 30.6. The molecule has 12 heteroatoms. The first-order chi connectivity index (χ1) is 20.1. The summed E-state index contributed by atoms with van der Waals surface area (Å²) in [5.41, 5.74) is 3.29. The van der Waals surface area contributed by atoms with Gasteiger partial charge in [0.1, 0.15) is 17.2 Å². The smallest absolute Gasteiger partial charge is 0.497 e. The number of halogens is 3. The van der Waals surface area contributed by atoms with Crippen molar-refractivity contribution in [3.8, 4) is 33.9 Å². The topological polar surface area (TPSA) is 121 Å². The lowest BCUT2D eigenvalue weighted by Gasteiger charge is -2.23. The maximum Gasteiger partial charge on any atom is 0.503 e. The number of hydrogen-bond acceptors (Lipinski definition) is 6. The predicted octanol–water partition coefficient (Wildman–Crippen LogP) is 7.77. The van der Waals surface area contributed by atoms with E-state index >= 15 is 0 Å². The van der Waals surface area contributed by atoms with Gasteiger partial charge >= 0.3 is 6.16 Å². The molecule has 0 saturated heterocycles. The first-order valence-electron chi connectivity index (χ1n) is 13.7.